The van der Waals surface area contributed by atoms with Gasteiger partial charge >= 0.3 is 13.6 Å². The van der Waals surface area contributed by atoms with Crippen LogP contribution in [0.3, 0.4) is 0 Å². The van der Waals surface area contributed by atoms with Gasteiger partial charge in [0, 0.05) is 5.57 Å². The van der Waals surface area contributed by atoms with Crippen molar-refractivity contribution in [3.05, 3.63) is 54.1 Å². The van der Waals surface area contributed by atoms with Gasteiger partial charge in [-0.3, -0.25) is 4.57 Å². The van der Waals surface area contributed by atoms with Crippen LogP contribution >= 0.6 is 7.60 Å². The van der Waals surface area contributed by atoms with Crippen molar-refractivity contribution in [3.63, 3.8) is 0 Å². The quantitative estimate of drug-likeness (QED) is 0.507. The van der Waals surface area contributed by atoms with Gasteiger partial charge < -0.3 is 14.5 Å². The molecular weight excluding hydrogens is 279 g/mol. The van der Waals surface area contributed by atoms with E-state index in [1.807, 2.05) is 0 Å². The van der Waals surface area contributed by atoms with Crippen LogP contribution in [0.2, 0.25) is 0 Å². The van der Waals surface area contributed by atoms with E-state index in [9.17, 15) is 9.36 Å². The molecule has 1 rings (SSSR count). The Balaban J connectivity index is 0.000000441. The number of rotatable bonds is 4. The third kappa shape index (κ3) is 8.43. The van der Waals surface area contributed by atoms with Crippen LogP contribution in [0.25, 0.3) is 6.08 Å². The summed E-state index contributed by atoms with van der Waals surface area (Å²) in [5.74, 6) is -0.347. The Bertz CT molecular complexity index is 513. The van der Waals surface area contributed by atoms with Gasteiger partial charge in [-0.05, 0) is 18.1 Å². The van der Waals surface area contributed by atoms with Crippen molar-refractivity contribution in [2.45, 2.75) is 13.1 Å². The number of hydrogen-bond donors (Lipinski definition) is 2. The van der Waals surface area contributed by atoms with Crippen molar-refractivity contribution in [2.75, 3.05) is 7.11 Å². The van der Waals surface area contributed by atoms with E-state index in [2.05, 4.69) is 17.9 Å². The van der Waals surface area contributed by atoms with Crippen molar-refractivity contribution in [1.82, 2.24) is 0 Å². The van der Waals surface area contributed by atoms with Crippen LogP contribution in [0, 0.1) is 0 Å². The minimum Gasteiger partial charge on any atom is -0.466 e. The summed E-state index contributed by atoms with van der Waals surface area (Å²) < 4.78 is 14.9. The van der Waals surface area contributed by atoms with E-state index in [1.165, 1.54) is 7.11 Å². The molecule has 0 saturated carbocycles. The van der Waals surface area contributed by atoms with Gasteiger partial charge in [0.2, 0.25) is 0 Å². The Morgan fingerprint density at radius 2 is 1.85 bits per heavy atom. The molecule has 20 heavy (non-hydrogen) atoms. The van der Waals surface area contributed by atoms with Crippen LogP contribution in [0.15, 0.2) is 43.0 Å². The molecule has 0 unspecified atom stereocenters. The van der Waals surface area contributed by atoms with E-state index in [1.54, 1.807) is 37.3 Å². The molecule has 0 radical (unpaired) electrons. The summed E-state index contributed by atoms with van der Waals surface area (Å²) >= 11 is 0. The lowest BCUT2D eigenvalue weighted by molar-refractivity contribution is -0.136. The van der Waals surface area contributed by atoms with Gasteiger partial charge in [-0.2, -0.15) is 0 Å². The molecular formula is C14H19O5P. The second-order valence-corrected chi connectivity index (χ2v) is 5.69. The highest BCUT2D eigenvalue weighted by Gasteiger charge is 2.13. The molecule has 0 spiro atoms. The SMILES string of the molecule is C=C(C)C(=O)OC.C=Cc1ccc(CP(=O)(O)O)cc1. The van der Waals surface area contributed by atoms with Crippen LogP contribution in [0.1, 0.15) is 18.1 Å². The summed E-state index contributed by atoms with van der Waals surface area (Å²) in [7, 11) is -2.61. The van der Waals surface area contributed by atoms with Crippen LogP contribution in [-0.4, -0.2) is 22.9 Å². The first-order valence-electron chi connectivity index (χ1n) is 5.69. The number of ether oxygens (including phenoxy) is 1. The lowest BCUT2D eigenvalue weighted by Crippen LogP contribution is -1.98. The normalized spacial score (nSPS) is 10.0. The van der Waals surface area contributed by atoms with Crippen molar-refractivity contribution >= 4 is 19.6 Å². The molecule has 6 heteroatoms. The summed E-state index contributed by atoms with van der Waals surface area (Å²) in [6.45, 7) is 8.54. The highest BCUT2D eigenvalue weighted by molar-refractivity contribution is 7.50. The maximum absolute atomic E-state index is 10.6. The second kappa shape index (κ2) is 8.48. The predicted octanol–water partition coefficient (Wildman–Crippen LogP) is 2.74. The molecule has 0 heterocycles. The molecule has 0 amide bonds. The van der Waals surface area contributed by atoms with Gasteiger partial charge in [0.15, 0.2) is 0 Å². The number of carbonyl (C=O) groups is 1. The molecule has 0 aliphatic rings. The molecule has 1 aromatic rings. The van der Waals surface area contributed by atoms with Crippen molar-refractivity contribution < 1.29 is 23.9 Å². The van der Waals surface area contributed by atoms with E-state index >= 15 is 0 Å². The molecule has 0 atom stereocenters. The summed E-state index contributed by atoms with van der Waals surface area (Å²) in [6.07, 6.45) is 1.48. The molecule has 2 N–H and O–H groups in total. The Labute approximate surface area is 118 Å². The fourth-order valence-electron chi connectivity index (χ4n) is 1.17. The first-order valence-corrected chi connectivity index (χ1v) is 7.49. The standard InChI is InChI=1S/C9H11O3P.C5H8O2/c1-2-8-3-5-9(6-4-8)7-13(10,11)12;1-4(2)5(6)7-3/h2-6H,1,7H2,(H2,10,11,12);1H2,2-3H3. The second-order valence-electron chi connectivity index (χ2n) is 4.04. The van der Waals surface area contributed by atoms with E-state index in [0.29, 0.717) is 11.1 Å². The Morgan fingerprint density at radius 3 is 2.10 bits per heavy atom. The maximum Gasteiger partial charge on any atom is 0.332 e. The summed E-state index contributed by atoms with van der Waals surface area (Å²) in [4.78, 5) is 27.6. The summed E-state index contributed by atoms with van der Waals surface area (Å²) in [5, 5.41) is 0. The number of methoxy groups -OCH3 is 1. The van der Waals surface area contributed by atoms with Gasteiger partial charge in [0.25, 0.3) is 0 Å². The highest BCUT2D eigenvalue weighted by Crippen LogP contribution is 2.38. The monoisotopic (exact) mass is 298 g/mol. The topological polar surface area (TPSA) is 83.8 Å². The minimum atomic E-state index is -3.94. The van der Waals surface area contributed by atoms with Gasteiger partial charge in [-0.15, -0.1) is 0 Å². The van der Waals surface area contributed by atoms with Gasteiger partial charge in [-0.25, -0.2) is 4.79 Å². The van der Waals surface area contributed by atoms with Crippen LogP contribution < -0.4 is 0 Å². The van der Waals surface area contributed by atoms with E-state index in [4.69, 9.17) is 9.79 Å². The predicted molar refractivity (Wildman–Crippen MR) is 79.1 cm³/mol. The third-order valence-corrected chi connectivity index (χ3v) is 2.91. The lowest BCUT2D eigenvalue weighted by Gasteiger charge is -2.03. The molecule has 5 nitrogen and oxygen atoms in total. The van der Waals surface area contributed by atoms with Gasteiger partial charge in [-0.1, -0.05) is 43.5 Å². The van der Waals surface area contributed by atoms with Gasteiger partial charge in [0.1, 0.15) is 0 Å². The van der Waals surface area contributed by atoms with Crippen LogP contribution in [-0.2, 0) is 20.3 Å². The zero-order chi connectivity index (χ0) is 15.8. The largest absolute Gasteiger partial charge is 0.466 e. The summed E-state index contributed by atoms with van der Waals surface area (Å²) in [5.41, 5.74) is 2.01. The molecule has 1 aromatic carbocycles. The minimum absolute atomic E-state index is 0.204. The zero-order valence-electron chi connectivity index (χ0n) is 11.6. The van der Waals surface area contributed by atoms with Crippen molar-refractivity contribution in [2.24, 2.45) is 0 Å². The fourth-order valence-corrected chi connectivity index (χ4v) is 1.86. The molecule has 0 fully saturated rings. The number of benzene rings is 1. The Hall–Kier alpha value is -1.68. The van der Waals surface area contributed by atoms with Gasteiger partial charge in [0.05, 0.1) is 13.3 Å². The third-order valence-electron chi connectivity index (χ3n) is 2.14. The number of esters is 1. The molecule has 0 saturated heterocycles. The molecule has 0 aliphatic heterocycles. The smallest absolute Gasteiger partial charge is 0.332 e. The van der Waals surface area contributed by atoms with E-state index < -0.39 is 7.60 Å². The first kappa shape index (κ1) is 18.3. The van der Waals surface area contributed by atoms with E-state index in [0.717, 1.165) is 5.56 Å². The molecule has 0 bridgehead atoms. The maximum atomic E-state index is 10.6. The fraction of sp³-hybridized carbons (Fsp3) is 0.214. The first-order chi connectivity index (χ1) is 9.19. The Kier molecular flexibility index (Phi) is 7.77. The average Bonchev–Trinajstić information content (AvgIpc) is 2.37. The van der Waals surface area contributed by atoms with Crippen LogP contribution in [0.5, 0.6) is 0 Å². The lowest BCUT2D eigenvalue weighted by atomic mass is 10.1. The van der Waals surface area contributed by atoms with Crippen LogP contribution in [0.4, 0.5) is 0 Å². The molecule has 0 aliphatic carbocycles. The molecule has 110 valence electrons. The highest BCUT2D eigenvalue weighted by atomic mass is 31.2. The van der Waals surface area contributed by atoms with Crippen molar-refractivity contribution in [3.8, 4) is 0 Å². The van der Waals surface area contributed by atoms with Crippen molar-refractivity contribution in [1.29, 1.82) is 0 Å². The van der Waals surface area contributed by atoms with E-state index in [-0.39, 0.29) is 12.1 Å². The average molecular weight is 298 g/mol. The molecule has 0 aromatic heterocycles. The zero-order valence-corrected chi connectivity index (χ0v) is 12.5. The number of hydrogen-bond acceptors (Lipinski definition) is 3. The number of carbonyl (C=O) groups excluding carboxylic acids is 1. The Morgan fingerprint density at radius 1 is 1.35 bits per heavy atom. The summed E-state index contributed by atoms with van der Waals surface area (Å²) in [6, 6.07) is 6.93.